The predicted molar refractivity (Wildman–Crippen MR) is 297 cm³/mol. The number of anilines is 3. The zero-order valence-electron chi connectivity index (χ0n) is 43.3. The van der Waals surface area contributed by atoms with Gasteiger partial charge >= 0.3 is 5.97 Å². The van der Waals surface area contributed by atoms with Gasteiger partial charge in [0, 0.05) is 39.9 Å². The van der Waals surface area contributed by atoms with Crippen LogP contribution in [0.15, 0.2) is 126 Å². The van der Waals surface area contributed by atoms with Crippen LogP contribution in [0.1, 0.15) is 146 Å². The molecule has 0 saturated carbocycles. The molecule has 1 aromatic heterocycles. The van der Waals surface area contributed by atoms with Crippen molar-refractivity contribution >= 4 is 63.7 Å². The van der Waals surface area contributed by atoms with E-state index < -0.39 is 5.97 Å². The molecule has 2 aliphatic heterocycles. The van der Waals surface area contributed by atoms with Gasteiger partial charge in [0.2, 0.25) is 0 Å². The Bertz CT molecular complexity index is 2710. The lowest BCUT2D eigenvalue weighted by Crippen LogP contribution is -2.31. The Morgan fingerprint density at radius 2 is 0.945 bits per heavy atom. The molecule has 2 amide bonds. The van der Waals surface area contributed by atoms with E-state index in [1.165, 1.54) is 43.1 Å². The monoisotopic (exact) mass is 1000 g/mol. The normalized spacial score (nSPS) is 13.5. The quantitative estimate of drug-likeness (QED) is 0.0274. The maximum absolute atomic E-state index is 15.1. The molecule has 0 bridgehead atoms. The van der Waals surface area contributed by atoms with E-state index in [2.05, 4.69) is 69.0 Å². The molecule has 0 aliphatic carbocycles. The minimum atomic E-state index is -1.27. The number of carboxylic acids is 1. The van der Waals surface area contributed by atoms with Crippen LogP contribution in [0.3, 0.4) is 0 Å². The minimum absolute atomic E-state index is 0.155. The van der Waals surface area contributed by atoms with Gasteiger partial charge in [-0.15, -0.1) is 11.3 Å². The predicted octanol–water partition coefficient (Wildman–Crippen LogP) is 15.8. The van der Waals surface area contributed by atoms with Crippen LogP contribution in [-0.4, -0.2) is 59.0 Å². The van der Waals surface area contributed by atoms with Crippen molar-refractivity contribution in [3.8, 4) is 28.0 Å². The lowest BCUT2D eigenvalue weighted by atomic mass is 10.0. The molecule has 7 rings (SSSR count). The second-order valence-corrected chi connectivity index (χ2v) is 20.0. The molecule has 4 aromatic carbocycles. The van der Waals surface area contributed by atoms with Gasteiger partial charge in [-0.2, -0.15) is 5.26 Å². The van der Waals surface area contributed by atoms with Crippen molar-refractivity contribution < 1.29 is 29.0 Å². The molecule has 3 heterocycles. The number of benzene rings is 4. The number of fused-ring (bicyclic) bond motifs is 1. The maximum Gasteiger partial charge on any atom is 0.346 e. The summed E-state index contributed by atoms with van der Waals surface area (Å²) < 4.78 is 12.3. The van der Waals surface area contributed by atoms with Crippen molar-refractivity contribution in [1.82, 2.24) is 9.80 Å². The Balaban J connectivity index is 1.26. The standard InChI is InChI=1S/C62H72N4O6S/c1-5-9-13-17-39-64-58(46-23-21-45(22-24-46)55-38-37-54(73-55)43-48(44-63)62(69)70)56-57(61(64)68)59(65(60(56)67)40-18-14-10-6-2)47-25-27-49(28-26-47)66(50-29-33-52(34-30-50)71-41-19-15-11-7-3)51-31-35-53(36-32-51)72-42-20-16-12-8-4/h21-38,43H,5-20,39-42H2,1-4H3,(H,69,70)/b48-43-. The van der Waals surface area contributed by atoms with E-state index in [4.69, 9.17) is 9.47 Å². The summed E-state index contributed by atoms with van der Waals surface area (Å²) >= 11 is 1.39. The summed E-state index contributed by atoms with van der Waals surface area (Å²) in [7, 11) is 0. The highest BCUT2D eigenvalue weighted by Gasteiger charge is 2.48. The van der Waals surface area contributed by atoms with Gasteiger partial charge in [-0.3, -0.25) is 9.59 Å². The number of ether oxygens (including phenoxy) is 2. The third-order valence-electron chi connectivity index (χ3n) is 13.5. The third kappa shape index (κ3) is 13.6. The van der Waals surface area contributed by atoms with Crippen molar-refractivity contribution in [2.24, 2.45) is 0 Å². The molecule has 10 nitrogen and oxygen atoms in total. The Labute approximate surface area is 437 Å². The van der Waals surface area contributed by atoms with Crippen LogP contribution < -0.4 is 14.4 Å². The zero-order chi connectivity index (χ0) is 51.5. The summed E-state index contributed by atoms with van der Waals surface area (Å²) in [4.78, 5) is 49.2. The molecule has 0 unspecified atom stereocenters. The number of carbonyl (C=O) groups excluding carboxylic acids is 2. The topological polar surface area (TPSA) is 123 Å². The molecule has 0 radical (unpaired) electrons. The molecule has 2 aliphatic rings. The number of amides is 2. The third-order valence-corrected chi connectivity index (χ3v) is 14.6. The fraction of sp³-hybridized carbons (Fsp3) is 0.387. The fourth-order valence-electron chi connectivity index (χ4n) is 9.51. The van der Waals surface area contributed by atoms with Gasteiger partial charge in [0.25, 0.3) is 11.8 Å². The number of hydrogen-bond acceptors (Lipinski definition) is 8. The number of carboxylic acid groups (broad SMARTS) is 1. The number of thiophene rings is 1. The molecule has 382 valence electrons. The first-order valence-electron chi connectivity index (χ1n) is 26.8. The van der Waals surface area contributed by atoms with E-state index in [1.54, 1.807) is 12.1 Å². The first-order chi connectivity index (χ1) is 35.7. The van der Waals surface area contributed by atoms with Gasteiger partial charge in [0.15, 0.2) is 0 Å². The van der Waals surface area contributed by atoms with Crippen LogP contribution in [0.4, 0.5) is 17.1 Å². The van der Waals surface area contributed by atoms with Gasteiger partial charge in [-0.1, -0.05) is 141 Å². The zero-order valence-corrected chi connectivity index (χ0v) is 44.1. The largest absolute Gasteiger partial charge is 0.494 e. The summed E-state index contributed by atoms with van der Waals surface area (Å²) in [6.45, 7) is 11.1. The number of carbonyl (C=O) groups is 3. The molecular weight excluding hydrogens is 929 g/mol. The molecule has 0 atom stereocenters. The number of nitrogens with zero attached hydrogens (tertiary/aromatic N) is 4. The van der Waals surface area contributed by atoms with Crippen LogP contribution in [-0.2, 0) is 14.4 Å². The smallest absolute Gasteiger partial charge is 0.346 e. The fourth-order valence-corrected chi connectivity index (χ4v) is 10.5. The van der Waals surface area contributed by atoms with Crippen LogP contribution in [0, 0.1) is 11.3 Å². The molecule has 0 fully saturated rings. The van der Waals surface area contributed by atoms with Crippen LogP contribution in [0.25, 0.3) is 27.9 Å². The van der Waals surface area contributed by atoms with Gasteiger partial charge in [-0.05, 0) is 121 Å². The van der Waals surface area contributed by atoms with Crippen molar-refractivity contribution in [1.29, 1.82) is 5.26 Å². The maximum atomic E-state index is 15.1. The summed E-state index contributed by atoms with van der Waals surface area (Å²) in [6.07, 6.45) is 18.3. The number of aliphatic carboxylic acids is 1. The number of unbranched alkanes of at least 4 members (excludes halogenated alkanes) is 12. The number of hydrogen-bond donors (Lipinski definition) is 1. The van der Waals surface area contributed by atoms with Crippen LogP contribution in [0.2, 0.25) is 0 Å². The van der Waals surface area contributed by atoms with E-state index in [-0.39, 0.29) is 17.4 Å². The second-order valence-electron chi connectivity index (χ2n) is 18.9. The Morgan fingerprint density at radius 1 is 0.548 bits per heavy atom. The Morgan fingerprint density at radius 3 is 1.36 bits per heavy atom. The van der Waals surface area contributed by atoms with E-state index >= 15 is 9.59 Å². The molecule has 11 heteroatoms. The lowest BCUT2D eigenvalue weighted by Gasteiger charge is -2.27. The first-order valence-corrected chi connectivity index (χ1v) is 27.6. The average Bonchev–Trinajstić information content (AvgIpc) is 4.08. The SMILES string of the molecule is CCCCCCOc1ccc(N(c2ccc(OCCCCCC)cc2)c2ccc(C3=C4C(=O)N(CCCCCC)C(c5ccc(-c6ccc(/C=C(/C#N)C(=O)O)s6)cc5)=C4C(=O)N3CCCCCC)cc2)cc1. The molecule has 0 saturated heterocycles. The summed E-state index contributed by atoms with van der Waals surface area (Å²) in [5.41, 5.74) is 7.19. The van der Waals surface area contributed by atoms with Crippen molar-refractivity contribution in [2.45, 2.75) is 130 Å². The van der Waals surface area contributed by atoms with E-state index in [9.17, 15) is 15.2 Å². The van der Waals surface area contributed by atoms with Gasteiger partial charge < -0.3 is 29.3 Å². The van der Waals surface area contributed by atoms with Gasteiger partial charge in [0.1, 0.15) is 23.1 Å². The molecular formula is C62H72N4O6S. The summed E-state index contributed by atoms with van der Waals surface area (Å²) in [6, 6.07) is 38.1. The first kappa shape index (κ1) is 53.9. The minimum Gasteiger partial charge on any atom is -0.494 e. The van der Waals surface area contributed by atoms with Crippen LogP contribution in [0.5, 0.6) is 11.5 Å². The second kappa shape index (κ2) is 27.2. The number of rotatable bonds is 30. The number of nitriles is 1. The van der Waals surface area contributed by atoms with E-state index in [0.717, 1.165) is 127 Å². The summed E-state index contributed by atoms with van der Waals surface area (Å²) in [5.74, 6) is 0.0884. The van der Waals surface area contributed by atoms with Gasteiger partial charge in [-0.25, -0.2) is 4.79 Å². The highest BCUT2D eigenvalue weighted by Crippen LogP contribution is 2.48. The highest BCUT2D eigenvalue weighted by molar-refractivity contribution is 7.16. The Kier molecular flexibility index (Phi) is 20.1. The highest BCUT2D eigenvalue weighted by atomic mass is 32.1. The van der Waals surface area contributed by atoms with Crippen molar-refractivity contribution in [3.05, 3.63) is 142 Å². The average molecular weight is 1000 g/mol. The van der Waals surface area contributed by atoms with E-state index in [1.807, 2.05) is 76.5 Å². The summed E-state index contributed by atoms with van der Waals surface area (Å²) in [5, 5.41) is 18.7. The van der Waals surface area contributed by atoms with Gasteiger partial charge in [0.05, 0.1) is 35.8 Å². The van der Waals surface area contributed by atoms with Crippen LogP contribution >= 0.6 is 11.3 Å². The molecule has 5 aromatic rings. The molecule has 73 heavy (non-hydrogen) atoms. The van der Waals surface area contributed by atoms with E-state index in [0.29, 0.717) is 53.7 Å². The lowest BCUT2D eigenvalue weighted by molar-refractivity contribution is -0.132. The van der Waals surface area contributed by atoms with Crippen molar-refractivity contribution in [3.63, 3.8) is 0 Å². The van der Waals surface area contributed by atoms with Crippen molar-refractivity contribution in [2.75, 3.05) is 31.2 Å². The Hall–Kier alpha value is -6.90. The molecule has 1 N–H and O–H groups in total. The molecule has 0 spiro atoms.